The monoisotopic (exact) mass is 367 g/mol. The lowest BCUT2D eigenvalue weighted by molar-refractivity contribution is 0.155. The Morgan fingerprint density at radius 1 is 1.19 bits per heavy atom. The second kappa shape index (κ2) is 6.38. The molecular weight excluding hydrogens is 346 g/mol. The highest BCUT2D eigenvalue weighted by Crippen LogP contribution is 2.43. The van der Waals surface area contributed by atoms with Crippen molar-refractivity contribution in [1.82, 2.24) is 14.5 Å². The summed E-state index contributed by atoms with van der Waals surface area (Å²) in [5.41, 5.74) is 4.90. The Kier molecular flexibility index (Phi) is 4.00. The van der Waals surface area contributed by atoms with E-state index in [1.165, 1.54) is 41.5 Å². The van der Waals surface area contributed by atoms with E-state index in [2.05, 4.69) is 26.6 Å². The smallest absolute Gasteiger partial charge is 0.0970 e. The van der Waals surface area contributed by atoms with Gasteiger partial charge in [-0.25, -0.2) is 0 Å². The largest absolute Gasteiger partial charge is 0.387 e. The highest BCUT2D eigenvalue weighted by Gasteiger charge is 2.35. The van der Waals surface area contributed by atoms with Gasteiger partial charge in [-0.1, -0.05) is 11.6 Å². The van der Waals surface area contributed by atoms with Gasteiger partial charge in [-0.15, -0.1) is 0 Å². The van der Waals surface area contributed by atoms with Crippen molar-refractivity contribution in [2.45, 2.75) is 38.0 Å². The summed E-state index contributed by atoms with van der Waals surface area (Å²) < 4.78 is 2.32. The fraction of sp³-hybridized carbons (Fsp3) is 0.381. The highest BCUT2D eigenvalue weighted by atomic mass is 35.5. The van der Waals surface area contributed by atoms with Gasteiger partial charge in [0.25, 0.3) is 0 Å². The molecule has 3 aromatic rings. The molecular formula is C21H22ClN3O. The van der Waals surface area contributed by atoms with E-state index in [0.717, 1.165) is 23.6 Å². The molecule has 1 fully saturated rings. The first-order chi connectivity index (χ1) is 12.7. The number of hydrogen-bond acceptors (Lipinski definition) is 3. The van der Waals surface area contributed by atoms with Crippen molar-refractivity contribution in [3.63, 3.8) is 0 Å². The molecule has 0 radical (unpaired) electrons. The zero-order valence-electron chi connectivity index (χ0n) is 14.6. The third-order valence-electron chi connectivity index (χ3n) is 5.96. The number of aromatic nitrogens is 2. The summed E-state index contributed by atoms with van der Waals surface area (Å²) >= 11 is 6.34. The quantitative estimate of drug-likeness (QED) is 0.757. The number of pyridine rings is 1. The molecule has 4 heterocycles. The first kappa shape index (κ1) is 16.3. The molecule has 26 heavy (non-hydrogen) atoms. The summed E-state index contributed by atoms with van der Waals surface area (Å²) in [5, 5.41) is 12.8. The summed E-state index contributed by atoms with van der Waals surface area (Å²) in [6, 6.07) is 10.4. The number of fused-ring (bicyclic) bond motifs is 5. The Bertz CT molecular complexity index is 953. The van der Waals surface area contributed by atoms with Crippen LogP contribution in [0.4, 0.5) is 0 Å². The van der Waals surface area contributed by atoms with Gasteiger partial charge in [0.05, 0.1) is 12.6 Å². The van der Waals surface area contributed by atoms with Crippen LogP contribution in [0.1, 0.15) is 41.8 Å². The lowest BCUT2D eigenvalue weighted by atomic mass is 9.96. The first-order valence-electron chi connectivity index (χ1n) is 9.35. The maximum absolute atomic E-state index is 10.8. The summed E-state index contributed by atoms with van der Waals surface area (Å²) in [6.07, 6.45) is 6.43. The molecule has 134 valence electrons. The van der Waals surface area contributed by atoms with Gasteiger partial charge in [0, 0.05) is 53.0 Å². The van der Waals surface area contributed by atoms with Crippen LogP contribution < -0.4 is 0 Å². The fourth-order valence-corrected chi connectivity index (χ4v) is 4.96. The maximum Gasteiger partial charge on any atom is 0.0970 e. The average molecular weight is 368 g/mol. The fourth-order valence-electron chi connectivity index (χ4n) is 4.79. The van der Waals surface area contributed by atoms with Crippen molar-refractivity contribution in [2.75, 3.05) is 13.1 Å². The topological polar surface area (TPSA) is 41.3 Å². The van der Waals surface area contributed by atoms with Crippen molar-refractivity contribution >= 4 is 22.5 Å². The van der Waals surface area contributed by atoms with Gasteiger partial charge >= 0.3 is 0 Å². The number of aliphatic hydroxyl groups is 1. The van der Waals surface area contributed by atoms with E-state index in [1.54, 1.807) is 12.4 Å². The molecule has 2 aliphatic rings. The number of halogens is 1. The maximum atomic E-state index is 10.8. The molecule has 5 rings (SSSR count). The SMILES string of the molecule is O[C@@H](Cn1c2c(c3cc(Cl)ccc31)[C@H]1CCCN1CC2)c1ccncc1. The Labute approximate surface area is 158 Å². The van der Waals surface area contributed by atoms with Crippen LogP contribution in [-0.2, 0) is 13.0 Å². The summed E-state index contributed by atoms with van der Waals surface area (Å²) in [7, 11) is 0. The van der Waals surface area contributed by atoms with Crippen LogP contribution >= 0.6 is 11.6 Å². The molecule has 0 aliphatic carbocycles. The van der Waals surface area contributed by atoms with E-state index in [-0.39, 0.29) is 0 Å². The third kappa shape index (κ3) is 2.56. The minimum atomic E-state index is -0.546. The van der Waals surface area contributed by atoms with Crippen LogP contribution in [0.3, 0.4) is 0 Å². The number of rotatable bonds is 3. The Morgan fingerprint density at radius 2 is 2.04 bits per heavy atom. The number of hydrogen-bond donors (Lipinski definition) is 1. The molecule has 0 amide bonds. The van der Waals surface area contributed by atoms with Gasteiger partial charge in [0.1, 0.15) is 0 Å². The molecule has 0 bridgehead atoms. The first-order valence-corrected chi connectivity index (χ1v) is 9.73. The molecule has 4 nitrogen and oxygen atoms in total. The minimum Gasteiger partial charge on any atom is -0.387 e. The van der Waals surface area contributed by atoms with Crippen molar-refractivity contribution in [2.24, 2.45) is 0 Å². The molecule has 1 aromatic carbocycles. The average Bonchev–Trinajstić information content (AvgIpc) is 3.25. The van der Waals surface area contributed by atoms with Crippen molar-refractivity contribution < 1.29 is 5.11 Å². The van der Waals surface area contributed by atoms with Gasteiger partial charge in [-0.3, -0.25) is 9.88 Å². The van der Waals surface area contributed by atoms with Crippen LogP contribution in [-0.4, -0.2) is 32.6 Å². The van der Waals surface area contributed by atoms with Gasteiger partial charge in [-0.2, -0.15) is 0 Å². The van der Waals surface area contributed by atoms with Gasteiger partial charge in [-0.05, 0) is 60.8 Å². The van der Waals surface area contributed by atoms with E-state index in [4.69, 9.17) is 11.6 Å². The van der Waals surface area contributed by atoms with E-state index in [1.807, 2.05) is 18.2 Å². The molecule has 5 heteroatoms. The lowest BCUT2D eigenvalue weighted by Gasteiger charge is -2.31. The Hall–Kier alpha value is -1.88. The predicted octanol–water partition coefficient (Wildman–Crippen LogP) is 4.12. The summed E-state index contributed by atoms with van der Waals surface area (Å²) in [6.45, 7) is 2.86. The van der Waals surface area contributed by atoms with Crippen LogP contribution in [0.5, 0.6) is 0 Å². The molecule has 2 aromatic heterocycles. The molecule has 2 aliphatic heterocycles. The molecule has 0 spiro atoms. The predicted molar refractivity (Wildman–Crippen MR) is 103 cm³/mol. The van der Waals surface area contributed by atoms with E-state index >= 15 is 0 Å². The molecule has 0 saturated carbocycles. The number of aliphatic hydroxyl groups excluding tert-OH is 1. The zero-order chi connectivity index (χ0) is 17.7. The number of benzene rings is 1. The highest BCUT2D eigenvalue weighted by molar-refractivity contribution is 6.31. The van der Waals surface area contributed by atoms with Gasteiger partial charge in [0.15, 0.2) is 0 Å². The molecule has 0 unspecified atom stereocenters. The normalized spacial score (nSPS) is 20.9. The van der Waals surface area contributed by atoms with E-state index < -0.39 is 6.10 Å². The van der Waals surface area contributed by atoms with E-state index in [9.17, 15) is 5.11 Å². The van der Waals surface area contributed by atoms with Crippen LogP contribution in [0.25, 0.3) is 10.9 Å². The van der Waals surface area contributed by atoms with Crippen molar-refractivity contribution in [3.05, 3.63) is 64.6 Å². The van der Waals surface area contributed by atoms with Gasteiger partial charge in [0.2, 0.25) is 0 Å². The Morgan fingerprint density at radius 3 is 2.88 bits per heavy atom. The minimum absolute atomic E-state index is 0.499. The molecule has 2 atom stereocenters. The van der Waals surface area contributed by atoms with Crippen LogP contribution in [0.15, 0.2) is 42.7 Å². The molecule has 1 saturated heterocycles. The Balaban J connectivity index is 1.64. The van der Waals surface area contributed by atoms with Gasteiger partial charge < -0.3 is 9.67 Å². The standard InChI is InChI=1S/C21H22ClN3O/c22-15-3-4-17-16(12-15)21-18-2-1-10-24(18)11-7-19(21)25(17)13-20(26)14-5-8-23-9-6-14/h3-6,8-9,12,18,20,26H,1-2,7,10-11,13H2/t18-,20+/m1/s1. The second-order valence-electron chi connectivity index (χ2n) is 7.37. The lowest BCUT2D eigenvalue weighted by Crippen LogP contribution is -2.31. The zero-order valence-corrected chi connectivity index (χ0v) is 15.4. The second-order valence-corrected chi connectivity index (χ2v) is 7.81. The summed E-state index contributed by atoms with van der Waals surface area (Å²) in [4.78, 5) is 6.66. The number of nitrogens with zero attached hydrogens (tertiary/aromatic N) is 3. The van der Waals surface area contributed by atoms with E-state index in [0.29, 0.717) is 12.6 Å². The van der Waals surface area contributed by atoms with Crippen molar-refractivity contribution in [3.8, 4) is 0 Å². The van der Waals surface area contributed by atoms with Crippen molar-refractivity contribution in [1.29, 1.82) is 0 Å². The molecule has 1 N–H and O–H groups in total. The summed E-state index contributed by atoms with van der Waals surface area (Å²) in [5.74, 6) is 0. The van der Waals surface area contributed by atoms with Crippen LogP contribution in [0.2, 0.25) is 5.02 Å². The van der Waals surface area contributed by atoms with Crippen LogP contribution in [0, 0.1) is 0 Å². The third-order valence-corrected chi connectivity index (χ3v) is 6.19.